The number of ether oxygens (including phenoxy) is 2. The van der Waals surface area contributed by atoms with Crippen LogP contribution in [0.15, 0.2) is 18.2 Å². The van der Waals surface area contributed by atoms with E-state index in [2.05, 4.69) is 5.32 Å². The fourth-order valence-corrected chi connectivity index (χ4v) is 2.68. The summed E-state index contributed by atoms with van der Waals surface area (Å²) >= 11 is 5.89. The maximum absolute atomic E-state index is 12.2. The fourth-order valence-electron chi connectivity index (χ4n) is 2.51. The SMILES string of the molecule is COc1ccc(Cl)cc1C(=O)O[C@H](C)C(=O)NC1CCCC1. The molecule has 1 fully saturated rings. The fraction of sp³-hybridized carbons (Fsp3) is 0.500. The molecular weight excluding hydrogens is 306 g/mol. The number of amides is 1. The van der Waals surface area contributed by atoms with Crippen molar-refractivity contribution >= 4 is 23.5 Å². The lowest BCUT2D eigenvalue weighted by atomic mass is 10.2. The third-order valence-electron chi connectivity index (χ3n) is 3.74. The Labute approximate surface area is 134 Å². The van der Waals surface area contributed by atoms with E-state index in [1.165, 1.54) is 13.2 Å². The molecule has 0 radical (unpaired) electrons. The van der Waals surface area contributed by atoms with E-state index < -0.39 is 12.1 Å². The molecular formula is C16H20ClNO4. The summed E-state index contributed by atoms with van der Waals surface area (Å²) in [6.07, 6.45) is 3.34. The highest BCUT2D eigenvalue weighted by Gasteiger charge is 2.24. The van der Waals surface area contributed by atoms with Gasteiger partial charge in [-0.3, -0.25) is 4.79 Å². The van der Waals surface area contributed by atoms with Crippen LogP contribution in [0.5, 0.6) is 5.75 Å². The molecule has 0 unspecified atom stereocenters. The topological polar surface area (TPSA) is 64.6 Å². The van der Waals surface area contributed by atoms with E-state index in [1.807, 2.05) is 0 Å². The summed E-state index contributed by atoms with van der Waals surface area (Å²) in [5.74, 6) is -0.549. The predicted molar refractivity (Wildman–Crippen MR) is 83.3 cm³/mol. The summed E-state index contributed by atoms with van der Waals surface area (Å²) in [6, 6.07) is 4.86. The molecule has 0 bridgehead atoms. The third kappa shape index (κ3) is 4.13. The number of methoxy groups -OCH3 is 1. The van der Waals surface area contributed by atoms with Gasteiger partial charge < -0.3 is 14.8 Å². The number of hydrogen-bond acceptors (Lipinski definition) is 4. The molecule has 0 aromatic heterocycles. The first kappa shape index (κ1) is 16.6. The molecule has 0 saturated heterocycles. The van der Waals surface area contributed by atoms with Gasteiger partial charge in [-0.05, 0) is 38.0 Å². The number of carbonyl (C=O) groups is 2. The lowest BCUT2D eigenvalue weighted by Gasteiger charge is -2.17. The lowest BCUT2D eigenvalue weighted by Crippen LogP contribution is -2.40. The van der Waals surface area contributed by atoms with Crippen LogP contribution in [-0.2, 0) is 9.53 Å². The van der Waals surface area contributed by atoms with Gasteiger partial charge in [-0.1, -0.05) is 24.4 Å². The summed E-state index contributed by atoms with van der Waals surface area (Å²) in [7, 11) is 1.45. The first-order valence-corrected chi connectivity index (χ1v) is 7.74. The summed E-state index contributed by atoms with van der Waals surface area (Å²) in [5.41, 5.74) is 0.204. The number of benzene rings is 1. The van der Waals surface area contributed by atoms with Gasteiger partial charge in [0.2, 0.25) is 0 Å². The number of esters is 1. The van der Waals surface area contributed by atoms with Crippen molar-refractivity contribution in [2.45, 2.75) is 44.8 Å². The first-order valence-electron chi connectivity index (χ1n) is 7.36. The second-order valence-corrected chi connectivity index (χ2v) is 5.82. The smallest absolute Gasteiger partial charge is 0.342 e. The average molecular weight is 326 g/mol. The van der Waals surface area contributed by atoms with E-state index in [0.29, 0.717) is 10.8 Å². The maximum atomic E-state index is 12.2. The number of carbonyl (C=O) groups excluding carboxylic acids is 2. The van der Waals surface area contributed by atoms with Crippen LogP contribution < -0.4 is 10.1 Å². The Balaban J connectivity index is 1.98. The van der Waals surface area contributed by atoms with Gasteiger partial charge in [-0.2, -0.15) is 0 Å². The molecule has 1 aliphatic carbocycles. The minimum atomic E-state index is -0.864. The van der Waals surface area contributed by atoms with Crippen LogP contribution in [0.2, 0.25) is 5.02 Å². The zero-order chi connectivity index (χ0) is 16.1. The van der Waals surface area contributed by atoms with Crippen molar-refractivity contribution in [1.29, 1.82) is 0 Å². The Morgan fingerprint density at radius 3 is 2.64 bits per heavy atom. The molecule has 6 heteroatoms. The van der Waals surface area contributed by atoms with Crippen LogP contribution in [0.4, 0.5) is 0 Å². The van der Waals surface area contributed by atoms with Crippen LogP contribution >= 0.6 is 11.6 Å². The largest absolute Gasteiger partial charge is 0.496 e. The van der Waals surface area contributed by atoms with E-state index in [-0.39, 0.29) is 17.5 Å². The van der Waals surface area contributed by atoms with E-state index in [9.17, 15) is 9.59 Å². The average Bonchev–Trinajstić information content (AvgIpc) is 2.99. The summed E-state index contributed by atoms with van der Waals surface area (Å²) in [5, 5.41) is 3.30. The molecule has 0 heterocycles. The highest BCUT2D eigenvalue weighted by molar-refractivity contribution is 6.31. The van der Waals surface area contributed by atoms with Crippen LogP contribution in [-0.4, -0.2) is 31.1 Å². The van der Waals surface area contributed by atoms with Crippen LogP contribution in [0.3, 0.4) is 0 Å². The molecule has 1 atom stereocenters. The Morgan fingerprint density at radius 1 is 1.32 bits per heavy atom. The van der Waals surface area contributed by atoms with E-state index >= 15 is 0 Å². The second-order valence-electron chi connectivity index (χ2n) is 5.38. The maximum Gasteiger partial charge on any atom is 0.342 e. The quantitative estimate of drug-likeness (QED) is 0.845. The number of rotatable bonds is 5. The molecule has 1 amide bonds. The molecule has 1 saturated carbocycles. The van der Waals surface area contributed by atoms with Crippen LogP contribution in [0, 0.1) is 0 Å². The van der Waals surface area contributed by atoms with Crippen molar-refractivity contribution in [1.82, 2.24) is 5.32 Å². The van der Waals surface area contributed by atoms with Crippen molar-refractivity contribution in [3.8, 4) is 5.75 Å². The van der Waals surface area contributed by atoms with Gasteiger partial charge >= 0.3 is 5.97 Å². The molecule has 120 valence electrons. The van der Waals surface area contributed by atoms with E-state index in [0.717, 1.165) is 25.7 Å². The Bertz CT molecular complexity index is 555. The van der Waals surface area contributed by atoms with Gasteiger partial charge in [0.1, 0.15) is 11.3 Å². The van der Waals surface area contributed by atoms with Crippen molar-refractivity contribution in [2.75, 3.05) is 7.11 Å². The van der Waals surface area contributed by atoms with Crippen molar-refractivity contribution in [3.63, 3.8) is 0 Å². The standard InChI is InChI=1S/C16H20ClNO4/c1-10(15(19)18-12-5-3-4-6-12)22-16(20)13-9-11(17)7-8-14(13)21-2/h7-10,12H,3-6H2,1-2H3,(H,18,19)/t10-/m1/s1. The molecule has 5 nitrogen and oxygen atoms in total. The Morgan fingerprint density at radius 2 is 2.00 bits per heavy atom. The monoisotopic (exact) mass is 325 g/mol. The molecule has 1 aromatic rings. The van der Waals surface area contributed by atoms with Gasteiger partial charge in [-0.25, -0.2) is 4.79 Å². The normalized spacial score (nSPS) is 16.1. The third-order valence-corrected chi connectivity index (χ3v) is 3.97. The van der Waals surface area contributed by atoms with Gasteiger partial charge in [0.05, 0.1) is 7.11 Å². The first-order chi connectivity index (χ1) is 10.5. The van der Waals surface area contributed by atoms with Gasteiger partial charge in [0, 0.05) is 11.1 Å². The molecule has 0 aliphatic heterocycles. The Kier molecular flexibility index (Phi) is 5.66. The van der Waals surface area contributed by atoms with E-state index in [1.54, 1.807) is 19.1 Å². The van der Waals surface area contributed by atoms with Gasteiger partial charge in [-0.15, -0.1) is 0 Å². The second kappa shape index (κ2) is 7.49. The molecule has 1 N–H and O–H groups in total. The highest BCUT2D eigenvalue weighted by atomic mass is 35.5. The highest BCUT2D eigenvalue weighted by Crippen LogP contribution is 2.24. The van der Waals surface area contributed by atoms with Crippen molar-refractivity contribution in [2.24, 2.45) is 0 Å². The molecule has 22 heavy (non-hydrogen) atoms. The molecule has 0 spiro atoms. The molecule has 1 aliphatic rings. The molecule has 2 rings (SSSR count). The van der Waals surface area contributed by atoms with Crippen molar-refractivity contribution < 1.29 is 19.1 Å². The van der Waals surface area contributed by atoms with Crippen molar-refractivity contribution in [3.05, 3.63) is 28.8 Å². The Hall–Kier alpha value is -1.75. The zero-order valence-electron chi connectivity index (χ0n) is 12.7. The van der Waals surface area contributed by atoms with Crippen LogP contribution in [0.1, 0.15) is 43.0 Å². The van der Waals surface area contributed by atoms with E-state index in [4.69, 9.17) is 21.1 Å². The minimum Gasteiger partial charge on any atom is -0.496 e. The zero-order valence-corrected chi connectivity index (χ0v) is 13.5. The van der Waals surface area contributed by atoms with Gasteiger partial charge in [0.25, 0.3) is 5.91 Å². The minimum absolute atomic E-state index is 0.189. The summed E-state index contributed by atoms with van der Waals surface area (Å²) in [4.78, 5) is 24.2. The number of hydrogen-bond donors (Lipinski definition) is 1. The number of halogens is 1. The number of nitrogens with one attached hydrogen (secondary N) is 1. The van der Waals surface area contributed by atoms with Crippen LogP contribution in [0.25, 0.3) is 0 Å². The summed E-state index contributed by atoms with van der Waals surface area (Å²) in [6.45, 7) is 1.55. The molecule has 1 aromatic carbocycles. The lowest BCUT2D eigenvalue weighted by molar-refractivity contribution is -0.129. The summed E-state index contributed by atoms with van der Waals surface area (Å²) < 4.78 is 10.3. The predicted octanol–water partition coefficient (Wildman–Crippen LogP) is 2.95. The van der Waals surface area contributed by atoms with Gasteiger partial charge in [0.15, 0.2) is 6.10 Å².